The molecule has 0 radical (unpaired) electrons. The maximum atomic E-state index is 14.1. The number of hydrogen-bond acceptors (Lipinski definition) is 7. The van der Waals surface area contributed by atoms with Crippen LogP contribution in [-0.4, -0.2) is 79.9 Å². The Bertz CT molecular complexity index is 1520. The number of aromatic nitrogens is 1. The highest BCUT2D eigenvalue weighted by Crippen LogP contribution is 2.44. The summed E-state index contributed by atoms with van der Waals surface area (Å²) in [4.78, 5) is 36.6. The fourth-order valence-electron chi connectivity index (χ4n) is 7.21. The number of amides is 1. The normalized spacial score (nSPS) is 23.4. The number of hydrogen-bond donors (Lipinski definition) is 1. The Morgan fingerprint density at radius 1 is 0.976 bits per heavy atom. The molecule has 3 aliphatic heterocycles. The molecule has 3 saturated heterocycles. The van der Waals surface area contributed by atoms with Crippen molar-refractivity contribution in [3.8, 4) is 0 Å². The first kappa shape index (κ1) is 28.7. The third kappa shape index (κ3) is 5.65. The zero-order valence-corrected chi connectivity index (χ0v) is 24.8. The predicted molar refractivity (Wildman–Crippen MR) is 161 cm³/mol. The van der Waals surface area contributed by atoms with Gasteiger partial charge in [0.25, 0.3) is 0 Å². The molecule has 2 aromatic carbocycles. The molecule has 3 fully saturated rings. The topological polar surface area (TPSA) is 99.7 Å². The van der Waals surface area contributed by atoms with Gasteiger partial charge in [0.2, 0.25) is 5.91 Å². The number of rotatable bonds is 8. The van der Waals surface area contributed by atoms with Gasteiger partial charge in [0.1, 0.15) is 0 Å². The SMILES string of the molecule is CS(=O)(=O)c1ccc(CN2CCC3(CCN(C(C(=O)c4cccnc4)[C@@H]4CNC[C@@H]4c4ccccc4)CC3)C2=O)cc1. The number of Topliss-reactive ketones (excluding diaryl/α,β-unsaturated/α-hetero) is 1. The van der Waals surface area contributed by atoms with Gasteiger partial charge in [-0.25, -0.2) is 8.42 Å². The van der Waals surface area contributed by atoms with E-state index in [1.165, 1.54) is 11.8 Å². The van der Waals surface area contributed by atoms with E-state index < -0.39 is 15.3 Å². The van der Waals surface area contributed by atoms with Gasteiger partial charge in [0.05, 0.1) is 16.4 Å². The fraction of sp³-hybridized carbons (Fsp3) is 0.424. The van der Waals surface area contributed by atoms with Crippen molar-refractivity contribution >= 4 is 21.5 Å². The second kappa shape index (κ2) is 11.7. The summed E-state index contributed by atoms with van der Waals surface area (Å²) >= 11 is 0. The van der Waals surface area contributed by atoms with Crippen LogP contribution in [0.2, 0.25) is 0 Å². The van der Waals surface area contributed by atoms with Gasteiger partial charge < -0.3 is 10.2 Å². The fourth-order valence-corrected chi connectivity index (χ4v) is 7.84. The number of nitrogens with zero attached hydrogens (tertiary/aromatic N) is 3. The molecular formula is C33H38N4O4S. The predicted octanol–water partition coefficient (Wildman–Crippen LogP) is 3.55. The Morgan fingerprint density at radius 2 is 1.69 bits per heavy atom. The molecule has 3 aromatic rings. The van der Waals surface area contributed by atoms with Gasteiger partial charge in [-0.2, -0.15) is 0 Å². The van der Waals surface area contributed by atoms with Crippen molar-refractivity contribution < 1.29 is 18.0 Å². The van der Waals surface area contributed by atoms with Gasteiger partial charge in [0, 0.05) is 62.2 Å². The van der Waals surface area contributed by atoms with E-state index in [0.29, 0.717) is 31.7 Å². The average Bonchev–Trinajstić information content (AvgIpc) is 3.60. The van der Waals surface area contributed by atoms with Crippen molar-refractivity contribution in [2.24, 2.45) is 11.3 Å². The van der Waals surface area contributed by atoms with Crippen LogP contribution >= 0.6 is 0 Å². The minimum atomic E-state index is -3.26. The number of likely N-dealkylation sites (tertiary alicyclic amines) is 2. The van der Waals surface area contributed by atoms with Crippen LogP contribution in [0.25, 0.3) is 0 Å². The van der Waals surface area contributed by atoms with E-state index in [0.717, 1.165) is 37.9 Å². The summed E-state index contributed by atoms with van der Waals surface area (Å²) in [6.07, 6.45) is 6.81. The average molecular weight is 587 g/mol. The highest BCUT2D eigenvalue weighted by molar-refractivity contribution is 7.90. The molecule has 3 aliphatic rings. The number of piperidine rings is 1. The Balaban J connectivity index is 1.18. The number of ketones is 1. The summed E-state index contributed by atoms with van der Waals surface area (Å²) in [6, 6.07) is 20.6. The van der Waals surface area contributed by atoms with Crippen LogP contribution < -0.4 is 5.32 Å². The van der Waals surface area contributed by atoms with Crippen LogP contribution in [0, 0.1) is 11.3 Å². The molecular weight excluding hydrogens is 548 g/mol. The summed E-state index contributed by atoms with van der Waals surface area (Å²) in [5.41, 5.74) is 2.40. The van der Waals surface area contributed by atoms with E-state index in [1.54, 1.807) is 36.7 Å². The second-order valence-corrected chi connectivity index (χ2v) is 14.1. The Hall–Kier alpha value is -3.40. The molecule has 3 atom stereocenters. The van der Waals surface area contributed by atoms with Gasteiger partial charge in [-0.15, -0.1) is 0 Å². The second-order valence-electron chi connectivity index (χ2n) is 12.1. The lowest BCUT2D eigenvalue weighted by Crippen LogP contribution is -2.54. The van der Waals surface area contributed by atoms with E-state index in [-0.39, 0.29) is 34.5 Å². The molecule has 42 heavy (non-hydrogen) atoms. The lowest BCUT2D eigenvalue weighted by Gasteiger charge is -2.43. The van der Waals surface area contributed by atoms with Crippen molar-refractivity contribution in [2.45, 2.75) is 42.7 Å². The van der Waals surface area contributed by atoms with Crippen molar-refractivity contribution in [3.05, 3.63) is 95.8 Å². The molecule has 1 N–H and O–H groups in total. The van der Waals surface area contributed by atoms with E-state index in [4.69, 9.17) is 0 Å². The maximum absolute atomic E-state index is 14.1. The summed E-state index contributed by atoms with van der Waals surface area (Å²) in [7, 11) is -3.26. The standard InChI is InChI=1S/C33H38N4O4S/c1-42(40,41)27-11-9-24(10-12-27)23-37-19-15-33(32(37)39)13-17-36(18-14-33)30(31(38)26-8-5-16-34-20-26)29-22-35-21-28(29)25-6-3-2-4-7-25/h2-12,16,20,28-30,35H,13-15,17-19,21-23H2,1H3/t28-,29-,30?/m1/s1. The van der Waals surface area contributed by atoms with Gasteiger partial charge in [-0.1, -0.05) is 42.5 Å². The number of sulfone groups is 1. The summed E-state index contributed by atoms with van der Waals surface area (Å²) in [6.45, 7) is 4.15. The summed E-state index contributed by atoms with van der Waals surface area (Å²) in [5.74, 6) is 0.616. The highest BCUT2D eigenvalue weighted by atomic mass is 32.2. The van der Waals surface area contributed by atoms with Crippen LogP contribution in [0.15, 0.2) is 84.0 Å². The van der Waals surface area contributed by atoms with Crippen LogP contribution in [0.1, 0.15) is 46.7 Å². The molecule has 0 aliphatic carbocycles. The van der Waals surface area contributed by atoms with Crippen LogP contribution in [-0.2, 0) is 21.2 Å². The van der Waals surface area contributed by atoms with E-state index in [9.17, 15) is 18.0 Å². The third-order valence-corrected chi connectivity index (χ3v) is 10.7. The zero-order chi connectivity index (χ0) is 29.3. The van der Waals surface area contributed by atoms with Gasteiger partial charge in [-0.05, 0) is 67.7 Å². The first-order valence-corrected chi connectivity index (χ1v) is 16.7. The number of pyridine rings is 1. The largest absolute Gasteiger partial charge is 0.338 e. The number of carbonyl (C=O) groups is 2. The molecule has 1 unspecified atom stereocenters. The molecule has 6 rings (SSSR count). The van der Waals surface area contributed by atoms with Crippen molar-refractivity contribution in [2.75, 3.05) is 39.0 Å². The molecule has 8 nitrogen and oxygen atoms in total. The molecule has 1 amide bonds. The molecule has 0 saturated carbocycles. The molecule has 9 heteroatoms. The van der Waals surface area contributed by atoms with Crippen LogP contribution in [0.4, 0.5) is 0 Å². The number of nitrogens with one attached hydrogen (secondary N) is 1. The lowest BCUT2D eigenvalue weighted by molar-refractivity contribution is -0.139. The Kier molecular flexibility index (Phi) is 8.00. The molecule has 4 heterocycles. The quantitative estimate of drug-likeness (QED) is 0.403. The van der Waals surface area contributed by atoms with E-state index in [2.05, 4.69) is 39.5 Å². The lowest BCUT2D eigenvalue weighted by atomic mass is 9.74. The van der Waals surface area contributed by atoms with E-state index in [1.807, 2.05) is 23.1 Å². The minimum absolute atomic E-state index is 0.102. The molecule has 0 bridgehead atoms. The van der Waals surface area contributed by atoms with Crippen molar-refractivity contribution in [1.29, 1.82) is 0 Å². The number of benzene rings is 2. The highest BCUT2D eigenvalue weighted by Gasteiger charge is 2.50. The first-order chi connectivity index (χ1) is 20.2. The molecule has 1 spiro atoms. The number of carbonyl (C=O) groups excluding carboxylic acids is 2. The van der Waals surface area contributed by atoms with Gasteiger partial charge >= 0.3 is 0 Å². The Morgan fingerprint density at radius 3 is 2.36 bits per heavy atom. The van der Waals surface area contributed by atoms with Crippen LogP contribution in [0.3, 0.4) is 0 Å². The maximum Gasteiger partial charge on any atom is 0.229 e. The molecule has 1 aromatic heterocycles. The minimum Gasteiger partial charge on any atom is -0.338 e. The van der Waals surface area contributed by atoms with Gasteiger partial charge in [-0.3, -0.25) is 19.5 Å². The Labute approximate surface area is 248 Å². The summed E-state index contributed by atoms with van der Waals surface area (Å²) in [5, 5.41) is 3.55. The van der Waals surface area contributed by atoms with Crippen molar-refractivity contribution in [3.63, 3.8) is 0 Å². The van der Waals surface area contributed by atoms with Gasteiger partial charge in [0.15, 0.2) is 15.6 Å². The molecule has 220 valence electrons. The van der Waals surface area contributed by atoms with E-state index >= 15 is 0 Å². The third-order valence-electron chi connectivity index (χ3n) is 9.58. The van der Waals surface area contributed by atoms with Crippen LogP contribution in [0.5, 0.6) is 0 Å². The zero-order valence-electron chi connectivity index (χ0n) is 24.0. The van der Waals surface area contributed by atoms with Crippen molar-refractivity contribution in [1.82, 2.24) is 20.1 Å². The smallest absolute Gasteiger partial charge is 0.229 e. The summed E-state index contributed by atoms with van der Waals surface area (Å²) < 4.78 is 23.6. The monoisotopic (exact) mass is 586 g/mol. The first-order valence-electron chi connectivity index (χ1n) is 14.8.